The molecule has 1 heterocycles. The van der Waals surface area contributed by atoms with E-state index in [0.29, 0.717) is 11.7 Å². The van der Waals surface area contributed by atoms with Gasteiger partial charge in [0.25, 0.3) is 0 Å². The zero-order valence-corrected chi connectivity index (χ0v) is 16.3. The van der Waals surface area contributed by atoms with Gasteiger partial charge in [0, 0.05) is 23.1 Å². The van der Waals surface area contributed by atoms with Crippen LogP contribution in [0.3, 0.4) is 0 Å². The molecule has 2 aromatic carbocycles. The number of anilines is 1. The van der Waals surface area contributed by atoms with E-state index in [1.807, 2.05) is 60.8 Å². The highest BCUT2D eigenvalue weighted by Crippen LogP contribution is 2.28. The van der Waals surface area contributed by atoms with Crippen molar-refractivity contribution < 1.29 is 9.53 Å². The van der Waals surface area contributed by atoms with E-state index in [-0.39, 0.29) is 12.3 Å². The first-order chi connectivity index (χ1) is 13.1. The Kier molecular flexibility index (Phi) is 6.04. The van der Waals surface area contributed by atoms with Crippen molar-refractivity contribution in [3.05, 3.63) is 77.7 Å². The molecule has 138 valence electrons. The second-order valence-corrected chi connectivity index (χ2v) is 7.00. The van der Waals surface area contributed by atoms with Gasteiger partial charge in [-0.25, -0.2) is 4.98 Å². The molecule has 3 aromatic rings. The van der Waals surface area contributed by atoms with Crippen LogP contribution in [0.5, 0.6) is 5.75 Å². The van der Waals surface area contributed by atoms with Crippen LogP contribution in [0.2, 0.25) is 0 Å². The standard InChI is InChI=1S/C22H22N2O2S/c1-4-12-24(21(25)14-18-13-16(2)10-11-20(18)26-3)22-23-19(15-27-22)17-8-6-5-7-9-17/h4-11,13,15H,1,12,14H2,2-3H3. The fraction of sp³-hybridized carbons (Fsp3) is 0.182. The summed E-state index contributed by atoms with van der Waals surface area (Å²) in [5.74, 6) is 0.685. The van der Waals surface area contributed by atoms with E-state index in [1.165, 1.54) is 11.3 Å². The minimum atomic E-state index is -0.0345. The van der Waals surface area contributed by atoms with Crippen LogP contribution in [0, 0.1) is 6.92 Å². The van der Waals surface area contributed by atoms with Crippen LogP contribution in [0.4, 0.5) is 5.13 Å². The van der Waals surface area contributed by atoms with Crippen molar-refractivity contribution >= 4 is 22.4 Å². The first-order valence-electron chi connectivity index (χ1n) is 8.68. The molecule has 0 saturated heterocycles. The number of carbonyl (C=O) groups excluding carboxylic acids is 1. The normalized spacial score (nSPS) is 10.4. The molecule has 5 heteroatoms. The fourth-order valence-corrected chi connectivity index (χ4v) is 3.71. The Morgan fingerprint density at radius 3 is 2.74 bits per heavy atom. The Morgan fingerprint density at radius 1 is 1.26 bits per heavy atom. The third-order valence-electron chi connectivity index (χ3n) is 4.18. The first kappa shape index (κ1) is 18.9. The fourth-order valence-electron chi connectivity index (χ4n) is 2.85. The summed E-state index contributed by atoms with van der Waals surface area (Å²) in [5, 5.41) is 2.65. The highest BCUT2D eigenvalue weighted by atomic mass is 32.1. The lowest BCUT2D eigenvalue weighted by Crippen LogP contribution is -2.32. The van der Waals surface area contributed by atoms with Gasteiger partial charge in [-0.2, -0.15) is 0 Å². The molecule has 0 atom stereocenters. The van der Waals surface area contributed by atoms with Crippen LogP contribution in [-0.4, -0.2) is 24.5 Å². The van der Waals surface area contributed by atoms with Crippen molar-refractivity contribution in [3.8, 4) is 17.0 Å². The van der Waals surface area contributed by atoms with Gasteiger partial charge in [-0.05, 0) is 13.0 Å². The number of hydrogen-bond acceptors (Lipinski definition) is 4. The monoisotopic (exact) mass is 378 g/mol. The Hall–Kier alpha value is -2.92. The molecule has 1 amide bonds. The van der Waals surface area contributed by atoms with Crippen LogP contribution in [0.15, 0.2) is 66.6 Å². The average molecular weight is 378 g/mol. The summed E-state index contributed by atoms with van der Waals surface area (Å²) < 4.78 is 5.40. The SMILES string of the molecule is C=CCN(C(=O)Cc1cc(C)ccc1OC)c1nc(-c2ccccc2)cs1. The molecule has 4 nitrogen and oxygen atoms in total. The van der Waals surface area contributed by atoms with Crippen molar-refractivity contribution in [2.24, 2.45) is 0 Å². The van der Waals surface area contributed by atoms with E-state index in [0.717, 1.165) is 28.1 Å². The van der Waals surface area contributed by atoms with Crippen LogP contribution in [0.25, 0.3) is 11.3 Å². The molecule has 3 rings (SSSR count). The molecule has 0 unspecified atom stereocenters. The van der Waals surface area contributed by atoms with Gasteiger partial charge in [0.2, 0.25) is 5.91 Å². The average Bonchev–Trinajstić information content (AvgIpc) is 3.16. The Bertz CT molecular complexity index is 934. The molecule has 27 heavy (non-hydrogen) atoms. The lowest BCUT2D eigenvalue weighted by atomic mass is 10.1. The smallest absolute Gasteiger partial charge is 0.233 e. The molecular formula is C22H22N2O2S. The molecule has 0 fully saturated rings. The van der Waals surface area contributed by atoms with Crippen LogP contribution >= 0.6 is 11.3 Å². The topological polar surface area (TPSA) is 42.4 Å². The van der Waals surface area contributed by atoms with E-state index >= 15 is 0 Å². The maximum absolute atomic E-state index is 13.0. The number of carbonyl (C=O) groups is 1. The number of benzene rings is 2. The summed E-state index contributed by atoms with van der Waals surface area (Å²) in [5.41, 5.74) is 3.86. The molecule has 0 radical (unpaired) electrons. The summed E-state index contributed by atoms with van der Waals surface area (Å²) in [7, 11) is 1.62. The number of thiazole rings is 1. The third-order valence-corrected chi connectivity index (χ3v) is 5.05. The second-order valence-electron chi connectivity index (χ2n) is 6.17. The van der Waals surface area contributed by atoms with Gasteiger partial charge < -0.3 is 4.74 Å². The molecular weight excluding hydrogens is 356 g/mol. The Balaban J connectivity index is 1.85. The maximum atomic E-state index is 13.0. The van der Waals surface area contributed by atoms with Gasteiger partial charge in [-0.1, -0.05) is 54.1 Å². The van der Waals surface area contributed by atoms with Gasteiger partial charge in [0.05, 0.1) is 19.2 Å². The van der Waals surface area contributed by atoms with Crippen LogP contribution in [-0.2, 0) is 11.2 Å². The van der Waals surface area contributed by atoms with E-state index in [9.17, 15) is 4.79 Å². The molecule has 0 aliphatic carbocycles. The summed E-state index contributed by atoms with van der Waals surface area (Å²) in [6, 6.07) is 15.8. The van der Waals surface area contributed by atoms with Crippen LogP contribution < -0.4 is 9.64 Å². The number of rotatable bonds is 7. The number of aryl methyl sites for hydroxylation is 1. The zero-order valence-electron chi connectivity index (χ0n) is 15.5. The predicted octanol–water partition coefficient (Wildman–Crippen LogP) is 4.89. The number of hydrogen-bond donors (Lipinski definition) is 0. The second kappa shape index (κ2) is 8.64. The number of nitrogens with zero attached hydrogens (tertiary/aromatic N) is 2. The molecule has 0 spiro atoms. The van der Waals surface area contributed by atoms with Gasteiger partial charge in [0.1, 0.15) is 5.75 Å². The number of amides is 1. The minimum absolute atomic E-state index is 0.0345. The molecule has 0 aliphatic heterocycles. The predicted molar refractivity (Wildman–Crippen MR) is 112 cm³/mol. The molecule has 0 N–H and O–H groups in total. The molecule has 1 aromatic heterocycles. The van der Waals surface area contributed by atoms with Gasteiger partial charge in [-0.3, -0.25) is 9.69 Å². The zero-order chi connectivity index (χ0) is 19.2. The number of ether oxygens (including phenoxy) is 1. The van der Waals surface area contributed by atoms with E-state index in [2.05, 4.69) is 11.6 Å². The lowest BCUT2D eigenvalue weighted by molar-refractivity contribution is -0.117. The highest BCUT2D eigenvalue weighted by molar-refractivity contribution is 7.14. The highest BCUT2D eigenvalue weighted by Gasteiger charge is 2.20. The van der Waals surface area contributed by atoms with E-state index in [4.69, 9.17) is 4.74 Å². The van der Waals surface area contributed by atoms with Crippen molar-refractivity contribution in [1.82, 2.24) is 4.98 Å². The van der Waals surface area contributed by atoms with Crippen molar-refractivity contribution in [2.45, 2.75) is 13.3 Å². The Morgan fingerprint density at radius 2 is 2.04 bits per heavy atom. The van der Waals surface area contributed by atoms with Crippen molar-refractivity contribution in [3.63, 3.8) is 0 Å². The third kappa shape index (κ3) is 4.44. The van der Waals surface area contributed by atoms with E-state index in [1.54, 1.807) is 18.1 Å². The van der Waals surface area contributed by atoms with Gasteiger partial charge in [-0.15, -0.1) is 17.9 Å². The quantitative estimate of drug-likeness (QED) is 0.550. The molecule has 0 saturated carbocycles. The van der Waals surface area contributed by atoms with Gasteiger partial charge >= 0.3 is 0 Å². The molecule has 0 aliphatic rings. The lowest BCUT2D eigenvalue weighted by Gasteiger charge is -2.19. The Labute approximate surface area is 163 Å². The number of aromatic nitrogens is 1. The molecule has 0 bridgehead atoms. The summed E-state index contributed by atoms with van der Waals surface area (Å²) in [6.45, 7) is 6.20. The van der Waals surface area contributed by atoms with Crippen molar-refractivity contribution in [2.75, 3.05) is 18.6 Å². The summed E-state index contributed by atoms with van der Waals surface area (Å²) >= 11 is 1.46. The largest absolute Gasteiger partial charge is 0.496 e. The maximum Gasteiger partial charge on any atom is 0.233 e. The van der Waals surface area contributed by atoms with Crippen molar-refractivity contribution in [1.29, 1.82) is 0 Å². The summed E-state index contributed by atoms with van der Waals surface area (Å²) in [6.07, 6.45) is 1.97. The van der Waals surface area contributed by atoms with Crippen LogP contribution in [0.1, 0.15) is 11.1 Å². The van der Waals surface area contributed by atoms with Gasteiger partial charge in [0.15, 0.2) is 5.13 Å². The van der Waals surface area contributed by atoms with E-state index < -0.39 is 0 Å². The number of methoxy groups -OCH3 is 1. The summed E-state index contributed by atoms with van der Waals surface area (Å²) in [4.78, 5) is 19.4. The first-order valence-corrected chi connectivity index (χ1v) is 9.56. The minimum Gasteiger partial charge on any atom is -0.496 e.